The van der Waals surface area contributed by atoms with Crippen molar-refractivity contribution in [3.05, 3.63) is 0 Å². The average Bonchev–Trinajstić information content (AvgIpc) is 2.23. The first-order chi connectivity index (χ1) is 6.82. The Kier molecular flexibility index (Phi) is 5.65. The number of carbonyl (C=O) groups is 1. The number of aliphatic carboxylic acids is 1. The fourth-order valence-electron chi connectivity index (χ4n) is 0.864. The molecular formula is C7H13O8-. The molecule has 0 saturated carbocycles. The lowest BCUT2D eigenvalue weighted by Crippen LogP contribution is -2.54. The van der Waals surface area contributed by atoms with Crippen LogP contribution < -0.4 is 5.11 Å². The van der Waals surface area contributed by atoms with Crippen LogP contribution in [0.25, 0.3) is 0 Å². The third-order valence-electron chi connectivity index (χ3n) is 1.85. The maximum Gasteiger partial charge on any atom is 0.122 e. The molecule has 0 aromatic rings. The largest absolute Gasteiger partial charge is 0.547 e. The van der Waals surface area contributed by atoms with Gasteiger partial charge in [0.25, 0.3) is 0 Å². The van der Waals surface area contributed by atoms with E-state index < -0.39 is 43.1 Å². The van der Waals surface area contributed by atoms with Crippen LogP contribution in [0.4, 0.5) is 0 Å². The van der Waals surface area contributed by atoms with Gasteiger partial charge in [0.05, 0.1) is 12.6 Å². The van der Waals surface area contributed by atoms with Crippen molar-refractivity contribution in [2.45, 2.75) is 30.5 Å². The Bertz CT molecular complexity index is 207. The number of aliphatic hydroxyl groups excluding tert-OH is 6. The van der Waals surface area contributed by atoms with Crippen molar-refractivity contribution < 1.29 is 40.5 Å². The third kappa shape index (κ3) is 3.70. The van der Waals surface area contributed by atoms with E-state index in [1.54, 1.807) is 0 Å². The lowest BCUT2D eigenvalue weighted by atomic mass is 9.99. The molecule has 0 amide bonds. The highest BCUT2D eigenvalue weighted by atomic mass is 16.4. The summed E-state index contributed by atoms with van der Waals surface area (Å²) < 4.78 is 0. The topological polar surface area (TPSA) is 162 Å². The normalized spacial score (nSPS) is 21.5. The molecule has 0 aromatic carbocycles. The zero-order valence-corrected chi connectivity index (χ0v) is 7.59. The standard InChI is InChI=1S/C7H14O8/c8-1-2(9)3(10)4(11)5(12)6(13)7(14)15/h2-6,8-13H,1H2,(H,14,15)/p-1/t2-,3-,4+,5-,6-/m1/s1. The molecule has 8 nitrogen and oxygen atoms in total. The Labute approximate surface area is 84.7 Å². The summed E-state index contributed by atoms with van der Waals surface area (Å²) in [4.78, 5) is 10.1. The van der Waals surface area contributed by atoms with Crippen molar-refractivity contribution in [3.8, 4) is 0 Å². The molecule has 5 atom stereocenters. The third-order valence-corrected chi connectivity index (χ3v) is 1.85. The van der Waals surface area contributed by atoms with Crippen LogP contribution in [-0.2, 0) is 4.79 Å². The molecule has 0 aliphatic carbocycles. The van der Waals surface area contributed by atoms with E-state index in [4.69, 9.17) is 30.6 Å². The Hall–Kier alpha value is -0.770. The molecule has 0 aliphatic heterocycles. The van der Waals surface area contributed by atoms with E-state index in [0.29, 0.717) is 0 Å². The minimum absolute atomic E-state index is 0.896. The van der Waals surface area contributed by atoms with Crippen LogP contribution in [0.2, 0.25) is 0 Å². The summed E-state index contributed by atoms with van der Waals surface area (Å²) >= 11 is 0. The van der Waals surface area contributed by atoms with Crippen molar-refractivity contribution >= 4 is 5.97 Å². The Morgan fingerprint density at radius 1 is 1.00 bits per heavy atom. The van der Waals surface area contributed by atoms with Crippen molar-refractivity contribution in [3.63, 3.8) is 0 Å². The SMILES string of the molecule is O=C([O-])[C@H](O)[C@H](O)[C@@H](O)[C@H](O)[C@H](O)CO. The van der Waals surface area contributed by atoms with Crippen molar-refractivity contribution in [2.24, 2.45) is 0 Å². The van der Waals surface area contributed by atoms with E-state index in [1.807, 2.05) is 0 Å². The molecule has 0 radical (unpaired) electrons. The fraction of sp³-hybridized carbons (Fsp3) is 0.857. The van der Waals surface area contributed by atoms with Gasteiger partial charge >= 0.3 is 0 Å². The zero-order valence-electron chi connectivity index (χ0n) is 7.59. The van der Waals surface area contributed by atoms with Gasteiger partial charge in [0.2, 0.25) is 0 Å². The molecule has 0 aromatic heterocycles. The number of aliphatic hydroxyl groups is 6. The van der Waals surface area contributed by atoms with Gasteiger partial charge in [0.1, 0.15) is 30.5 Å². The maximum absolute atomic E-state index is 10.1. The molecule has 0 fully saturated rings. The van der Waals surface area contributed by atoms with Gasteiger partial charge in [0, 0.05) is 0 Å². The Morgan fingerprint density at radius 3 is 1.80 bits per heavy atom. The summed E-state index contributed by atoms with van der Waals surface area (Å²) in [6, 6.07) is 0. The van der Waals surface area contributed by atoms with Gasteiger partial charge in [-0.15, -0.1) is 0 Å². The number of carbonyl (C=O) groups excluding carboxylic acids is 1. The smallest absolute Gasteiger partial charge is 0.122 e. The molecule has 0 unspecified atom stereocenters. The summed E-state index contributed by atoms with van der Waals surface area (Å²) in [6.45, 7) is -0.896. The van der Waals surface area contributed by atoms with Crippen molar-refractivity contribution in [1.29, 1.82) is 0 Å². The first-order valence-corrected chi connectivity index (χ1v) is 4.05. The number of carboxylic acids is 1. The second-order valence-electron chi connectivity index (χ2n) is 2.99. The van der Waals surface area contributed by atoms with Gasteiger partial charge in [-0.25, -0.2) is 0 Å². The molecule has 0 spiro atoms. The zero-order chi connectivity index (χ0) is 12.2. The van der Waals surface area contributed by atoms with Crippen LogP contribution in [0.5, 0.6) is 0 Å². The average molecular weight is 225 g/mol. The van der Waals surface area contributed by atoms with Crippen LogP contribution in [0.3, 0.4) is 0 Å². The van der Waals surface area contributed by atoms with Crippen LogP contribution in [0, 0.1) is 0 Å². The molecule has 8 heteroatoms. The first-order valence-electron chi connectivity index (χ1n) is 4.05. The fourth-order valence-corrected chi connectivity index (χ4v) is 0.864. The summed E-state index contributed by atoms with van der Waals surface area (Å²) in [6.07, 6.45) is -10.5. The van der Waals surface area contributed by atoms with E-state index >= 15 is 0 Å². The van der Waals surface area contributed by atoms with E-state index in [2.05, 4.69) is 0 Å². The van der Waals surface area contributed by atoms with E-state index in [9.17, 15) is 9.90 Å². The predicted molar refractivity (Wildman–Crippen MR) is 42.1 cm³/mol. The highest BCUT2D eigenvalue weighted by Gasteiger charge is 2.34. The van der Waals surface area contributed by atoms with Gasteiger partial charge in [0.15, 0.2) is 0 Å². The second-order valence-corrected chi connectivity index (χ2v) is 2.99. The summed E-state index contributed by atoms with van der Waals surface area (Å²) in [5.41, 5.74) is 0. The minimum atomic E-state index is -2.40. The van der Waals surface area contributed by atoms with Gasteiger partial charge in [-0.05, 0) is 0 Å². The highest BCUT2D eigenvalue weighted by molar-refractivity contribution is 5.70. The van der Waals surface area contributed by atoms with E-state index in [-0.39, 0.29) is 0 Å². The molecule has 0 aliphatic rings. The number of rotatable bonds is 6. The van der Waals surface area contributed by atoms with Gasteiger partial charge in [-0.1, -0.05) is 0 Å². The summed E-state index contributed by atoms with van der Waals surface area (Å²) in [5, 5.41) is 63.2. The molecule has 0 heterocycles. The molecule has 0 bridgehead atoms. The molecule has 15 heavy (non-hydrogen) atoms. The summed E-state index contributed by atoms with van der Waals surface area (Å²) in [5.74, 6) is -2.03. The predicted octanol–water partition coefficient (Wildman–Crippen LogP) is -5.47. The monoisotopic (exact) mass is 225 g/mol. The number of hydrogen-bond acceptors (Lipinski definition) is 8. The number of carboxylic acid groups (broad SMARTS) is 1. The first kappa shape index (κ1) is 14.2. The van der Waals surface area contributed by atoms with Crippen LogP contribution >= 0.6 is 0 Å². The van der Waals surface area contributed by atoms with Crippen LogP contribution in [0.1, 0.15) is 0 Å². The van der Waals surface area contributed by atoms with E-state index in [0.717, 1.165) is 0 Å². The van der Waals surface area contributed by atoms with Gasteiger partial charge in [-0.2, -0.15) is 0 Å². The molecule has 0 saturated heterocycles. The van der Waals surface area contributed by atoms with Crippen molar-refractivity contribution in [2.75, 3.05) is 6.61 Å². The summed E-state index contributed by atoms with van der Waals surface area (Å²) in [7, 11) is 0. The van der Waals surface area contributed by atoms with E-state index in [1.165, 1.54) is 0 Å². The van der Waals surface area contributed by atoms with Gasteiger partial charge < -0.3 is 40.5 Å². The lowest BCUT2D eigenvalue weighted by molar-refractivity contribution is -0.320. The van der Waals surface area contributed by atoms with Crippen LogP contribution in [-0.4, -0.2) is 73.7 Å². The molecule has 6 N–H and O–H groups in total. The van der Waals surface area contributed by atoms with Gasteiger partial charge in [-0.3, -0.25) is 0 Å². The minimum Gasteiger partial charge on any atom is -0.547 e. The molecule has 90 valence electrons. The quantitative estimate of drug-likeness (QED) is 0.261. The Balaban J connectivity index is 4.42. The Morgan fingerprint density at radius 2 is 1.47 bits per heavy atom. The highest BCUT2D eigenvalue weighted by Crippen LogP contribution is 2.08. The van der Waals surface area contributed by atoms with Crippen molar-refractivity contribution in [1.82, 2.24) is 0 Å². The second kappa shape index (κ2) is 5.95. The van der Waals surface area contributed by atoms with Crippen LogP contribution in [0.15, 0.2) is 0 Å². The lowest BCUT2D eigenvalue weighted by Gasteiger charge is -2.28. The molecule has 0 rings (SSSR count). The molecular weight excluding hydrogens is 212 g/mol. The number of hydrogen-bond donors (Lipinski definition) is 6. The maximum atomic E-state index is 10.1.